The Morgan fingerprint density at radius 1 is 1.53 bits per heavy atom. The largest absolute Gasteiger partial charge is 0.390 e. The van der Waals surface area contributed by atoms with Gasteiger partial charge in [0, 0.05) is 31.7 Å². The topological polar surface area (TPSA) is 50.5 Å². The lowest BCUT2D eigenvalue weighted by Gasteiger charge is -2.34. The van der Waals surface area contributed by atoms with Crippen molar-refractivity contribution in [2.75, 3.05) is 26.2 Å². The summed E-state index contributed by atoms with van der Waals surface area (Å²) in [6, 6.07) is 2.33. The van der Waals surface area contributed by atoms with E-state index in [0.717, 1.165) is 25.3 Å². The number of hydrogen-bond acceptors (Lipinski definition) is 4. The molecule has 19 heavy (non-hydrogen) atoms. The first-order valence-electron chi connectivity index (χ1n) is 7.16. The summed E-state index contributed by atoms with van der Waals surface area (Å²) >= 11 is 0. The third kappa shape index (κ3) is 3.78. The van der Waals surface area contributed by atoms with Gasteiger partial charge < -0.3 is 9.84 Å². The van der Waals surface area contributed by atoms with Gasteiger partial charge in [0.05, 0.1) is 24.5 Å². The second kappa shape index (κ2) is 6.50. The first kappa shape index (κ1) is 14.5. The first-order valence-corrected chi connectivity index (χ1v) is 7.16. The molecule has 1 aliphatic rings. The molecule has 1 aliphatic heterocycles. The van der Waals surface area contributed by atoms with Crippen LogP contribution in [0.2, 0.25) is 0 Å². The van der Waals surface area contributed by atoms with Gasteiger partial charge in [-0.15, -0.1) is 0 Å². The van der Waals surface area contributed by atoms with E-state index in [9.17, 15) is 5.11 Å². The zero-order chi connectivity index (χ0) is 13.8. The molecule has 0 radical (unpaired) electrons. The monoisotopic (exact) mass is 267 g/mol. The smallest absolute Gasteiger partial charge is 0.0964 e. The molecular formula is C14H25N3O2. The molecule has 0 saturated carbocycles. The molecule has 1 fully saturated rings. The maximum absolute atomic E-state index is 10.3. The molecular weight excluding hydrogens is 242 g/mol. The van der Waals surface area contributed by atoms with Crippen molar-refractivity contribution < 1.29 is 9.84 Å². The fraction of sp³-hybridized carbons (Fsp3) is 0.786. The van der Waals surface area contributed by atoms with Crippen LogP contribution in [-0.2, 0) is 11.2 Å². The molecule has 5 heteroatoms. The molecule has 1 N–H and O–H groups in total. The normalized spacial score (nSPS) is 22.9. The Bertz CT molecular complexity index is 392. The summed E-state index contributed by atoms with van der Waals surface area (Å²) in [5, 5.41) is 14.8. The number of morpholine rings is 1. The van der Waals surface area contributed by atoms with E-state index in [-0.39, 0.29) is 6.10 Å². The molecule has 0 aromatic carbocycles. The lowest BCUT2D eigenvalue weighted by atomic mass is 10.1. The highest BCUT2D eigenvalue weighted by molar-refractivity contribution is 5.02. The Kier molecular flexibility index (Phi) is 4.96. The second-order valence-electron chi connectivity index (χ2n) is 5.45. The van der Waals surface area contributed by atoms with Crippen molar-refractivity contribution in [3.63, 3.8) is 0 Å². The van der Waals surface area contributed by atoms with Gasteiger partial charge in [-0.25, -0.2) is 0 Å². The van der Waals surface area contributed by atoms with Gasteiger partial charge in [0.1, 0.15) is 0 Å². The van der Waals surface area contributed by atoms with Crippen LogP contribution < -0.4 is 0 Å². The standard InChI is InChI=1S/C14H25N3O2/c1-4-16-7-8-19-14(10-16)13(18)9-12-5-6-17(15-12)11(2)3/h5-6,11,13-14,18H,4,7-10H2,1-3H3. The molecule has 2 heterocycles. The van der Waals surface area contributed by atoms with Crippen molar-refractivity contribution in [1.29, 1.82) is 0 Å². The van der Waals surface area contributed by atoms with Gasteiger partial charge in [-0.05, 0) is 26.5 Å². The molecule has 5 nitrogen and oxygen atoms in total. The van der Waals surface area contributed by atoms with E-state index in [4.69, 9.17) is 4.74 Å². The van der Waals surface area contributed by atoms with Crippen LogP contribution >= 0.6 is 0 Å². The molecule has 2 unspecified atom stereocenters. The van der Waals surface area contributed by atoms with Crippen LogP contribution in [-0.4, -0.2) is 58.2 Å². The minimum absolute atomic E-state index is 0.0992. The third-order valence-electron chi connectivity index (χ3n) is 3.66. The van der Waals surface area contributed by atoms with Gasteiger partial charge in [-0.2, -0.15) is 5.10 Å². The number of aliphatic hydroxyl groups excluding tert-OH is 1. The molecule has 2 rings (SSSR count). The molecule has 0 bridgehead atoms. The van der Waals surface area contributed by atoms with Crippen molar-refractivity contribution in [3.8, 4) is 0 Å². The van der Waals surface area contributed by atoms with Crippen molar-refractivity contribution >= 4 is 0 Å². The van der Waals surface area contributed by atoms with Gasteiger partial charge in [0.25, 0.3) is 0 Å². The summed E-state index contributed by atoms with van der Waals surface area (Å²) in [4.78, 5) is 2.31. The Balaban J connectivity index is 1.90. The van der Waals surface area contributed by atoms with Crippen molar-refractivity contribution in [2.24, 2.45) is 0 Å². The highest BCUT2D eigenvalue weighted by Gasteiger charge is 2.26. The van der Waals surface area contributed by atoms with Crippen molar-refractivity contribution in [2.45, 2.75) is 45.4 Å². The Labute approximate surface area is 115 Å². The van der Waals surface area contributed by atoms with Crippen LogP contribution in [0.15, 0.2) is 12.3 Å². The molecule has 108 valence electrons. The molecule has 0 aliphatic carbocycles. The summed E-state index contributed by atoms with van der Waals surface area (Å²) in [5.74, 6) is 0. The van der Waals surface area contributed by atoms with Crippen LogP contribution in [0.3, 0.4) is 0 Å². The molecule has 1 saturated heterocycles. The lowest BCUT2D eigenvalue weighted by Crippen LogP contribution is -2.48. The zero-order valence-corrected chi connectivity index (χ0v) is 12.1. The zero-order valence-electron chi connectivity index (χ0n) is 12.1. The molecule has 0 amide bonds. The molecule has 1 aromatic rings. The highest BCUT2D eigenvalue weighted by atomic mass is 16.5. The Hall–Kier alpha value is -0.910. The van der Waals surface area contributed by atoms with Crippen LogP contribution in [0.4, 0.5) is 0 Å². The molecule has 1 aromatic heterocycles. The fourth-order valence-electron chi connectivity index (χ4n) is 2.37. The van der Waals surface area contributed by atoms with E-state index in [1.165, 1.54) is 0 Å². The van der Waals surface area contributed by atoms with E-state index in [1.807, 2.05) is 16.9 Å². The van der Waals surface area contributed by atoms with E-state index in [1.54, 1.807) is 0 Å². The van der Waals surface area contributed by atoms with Gasteiger partial charge in [-0.3, -0.25) is 9.58 Å². The number of ether oxygens (including phenoxy) is 1. The highest BCUT2D eigenvalue weighted by Crippen LogP contribution is 2.13. The summed E-state index contributed by atoms with van der Waals surface area (Å²) in [6.45, 7) is 9.81. The maximum Gasteiger partial charge on any atom is 0.0964 e. The minimum atomic E-state index is -0.482. The third-order valence-corrected chi connectivity index (χ3v) is 3.66. The van der Waals surface area contributed by atoms with Crippen molar-refractivity contribution in [3.05, 3.63) is 18.0 Å². The van der Waals surface area contributed by atoms with Gasteiger partial charge in [-0.1, -0.05) is 6.92 Å². The fourth-order valence-corrected chi connectivity index (χ4v) is 2.37. The number of nitrogens with zero attached hydrogens (tertiary/aromatic N) is 3. The van der Waals surface area contributed by atoms with E-state index < -0.39 is 6.10 Å². The van der Waals surface area contributed by atoms with E-state index in [0.29, 0.717) is 19.1 Å². The SMILES string of the molecule is CCN1CCOC(C(O)Cc2ccn(C(C)C)n2)C1. The van der Waals surface area contributed by atoms with E-state index >= 15 is 0 Å². The van der Waals surface area contributed by atoms with Crippen LogP contribution in [0.25, 0.3) is 0 Å². The predicted octanol–water partition coefficient (Wildman–Crippen LogP) is 1.09. The lowest BCUT2D eigenvalue weighted by molar-refractivity contribution is -0.0870. The number of aromatic nitrogens is 2. The average molecular weight is 267 g/mol. The summed E-state index contributed by atoms with van der Waals surface area (Å²) in [5.41, 5.74) is 0.929. The second-order valence-corrected chi connectivity index (χ2v) is 5.45. The Morgan fingerprint density at radius 2 is 2.32 bits per heavy atom. The minimum Gasteiger partial charge on any atom is -0.390 e. The summed E-state index contributed by atoms with van der Waals surface area (Å²) < 4.78 is 7.59. The van der Waals surface area contributed by atoms with Crippen LogP contribution in [0.5, 0.6) is 0 Å². The quantitative estimate of drug-likeness (QED) is 0.867. The number of likely N-dealkylation sites (N-methyl/N-ethyl adjacent to an activating group) is 1. The molecule has 0 spiro atoms. The summed E-state index contributed by atoms with van der Waals surface area (Å²) in [7, 11) is 0. The number of hydrogen-bond donors (Lipinski definition) is 1. The van der Waals surface area contributed by atoms with Crippen LogP contribution in [0, 0.1) is 0 Å². The number of aliphatic hydroxyl groups is 1. The number of rotatable bonds is 5. The average Bonchev–Trinajstić information content (AvgIpc) is 2.87. The maximum atomic E-state index is 10.3. The predicted molar refractivity (Wildman–Crippen MR) is 74.2 cm³/mol. The van der Waals surface area contributed by atoms with Crippen molar-refractivity contribution in [1.82, 2.24) is 14.7 Å². The van der Waals surface area contributed by atoms with Gasteiger partial charge in [0.15, 0.2) is 0 Å². The Morgan fingerprint density at radius 3 is 2.95 bits per heavy atom. The van der Waals surface area contributed by atoms with Gasteiger partial charge >= 0.3 is 0 Å². The summed E-state index contributed by atoms with van der Waals surface area (Å²) in [6.07, 6.45) is 1.94. The molecule has 2 atom stereocenters. The van der Waals surface area contributed by atoms with Crippen LogP contribution in [0.1, 0.15) is 32.5 Å². The first-order chi connectivity index (χ1) is 9.10. The van der Waals surface area contributed by atoms with Gasteiger partial charge in [0.2, 0.25) is 0 Å². The van der Waals surface area contributed by atoms with E-state index in [2.05, 4.69) is 30.8 Å².